The summed E-state index contributed by atoms with van der Waals surface area (Å²) in [5.74, 6) is -0.540. The molecule has 1 unspecified atom stereocenters. The number of carboxylic acid groups (broad SMARTS) is 1. The van der Waals surface area contributed by atoms with E-state index >= 15 is 0 Å². The van der Waals surface area contributed by atoms with Crippen molar-refractivity contribution in [1.29, 1.82) is 5.26 Å². The Balaban J connectivity index is 0.936. The molecule has 0 saturated carbocycles. The zero-order valence-electron chi connectivity index (χ0n) is 34.3. The number of aliphatic carboxylic acids is 1. The minimum absolute atomic E-state index is 0.00992. The highest BCUT2D eigenvalue weighted by atomic mass is 35.5. The van der Waals surface area contributed by atoms with Crippen LogP contribution in [0.25, 0.3) is 11.1 Å². The molecule has 0 saturated heterocycles. The maximum Gasteiger partial charge on any atom is 0.326 e. The summed E-state index contributed by atoms with van der Waals surface area (Å²) in [4.78, 5) is 44.9. The van der Waals surface area contributed by atoms with E-state index in [0.29, 0.717) is 57.9 Å². The fourth-order valence-corrected chi connectivity index (χ4v) is 9.19. The van der Waals surface area contributed by atoms with Crippen molar-refractivity contribution in [3.8, 4) is 28.7 Å². The Morgan fingerprint density at radius 3 is 2.14 bits per heavy atom. The molecule has 9 rings (SSSR count). The van der Waals surface area contributed by atoms with E-state index < -0.39 is 24.2 Å². The normalized spacial score (nSPS) is 17.4. The first-order valence-corrected chi connectivity index (χ1v) is 21.5. The zero-order chi connectivity index (χ0) is 43.8. The summed E-state index contributed by atoms with van der Waals surface area (Å²) in [6.07, 6.45) is 1.06. The number of halogens is 2. The monoisotopic (exact) mass is 876 g/mol. The maximum absolute atomic E-state index is 14.5. The Labute approximate surface area is 375 Å². The van der Waals surface area contributed by atoms with Gasteiger partial charge in [0.05, 0.1) is 33.4 Å². The maximum atomic E-state index is 14.5. The molecule has 6 aromatic carbocycles. The van der Waals surface area contributed by atoms with E-state index in [-0.39, 0.29) is 24.3 Å². The van der Waals surface area contributed by atoms with Crippen molar-refractivity contribution in [2.75, 3.05) is 11.9 Å². The lowest BCUT2D eigenvalue weighted by Crippen LogP contribution is -2.57. The lowest BCUT2D eigenvalue weighted by atomic mass is 9.89. The summed E-state index contributed by atoms with van der Waals surface area (Å²) in [6, 6.07) is 40.0. The number of likely N-dealkylation sites (N-methyl/N-ethyl adjacent to an activating group) is 1. The Kier molecular flexibility index (Phi) is 11.7. The van der Waals surface area contributed by atoms with Gasteiger partial charge in [-0.25, -0.2) is 4.79 Å². The van der Waals surface area contributed by atoms with Crippen molar-refractivity contribution < 1.29 is 29.0 Å². The molecule has 0 spiro atoms. The number of carboxylic acids is 1. The second kappa shape index (κ2) is 17.6. The van der Waals surface area contributed by atoms with Gasteiger partial charge in [0.2, 0.25) is 12.0 Å². The standard InChI is InChI=1S/C51H42Cl2N4O6/c1-56-45-24-38-25-46(49(58)55-44(51(60)61)21-30-6-11-33(12-7-30)34-13-8-31(27-54)9-14-34)57(40-22-36-4-2-3-5-37(36)23-40)28-39(38)26-47(45)63-48(50(56)59)35-15-17-41(18-16-35)62-29-32-10-19-42(52)43(53)20-32/h2-20,24,26,40,44,46,48H,21-23,25,28-29H2,1H3,(H,55,58)(H,60,61)/t44-,46?,48-/m0/s1. The summed E-state index contributed by atoms with van der Waals surface area (Å²) in [5.41, 5.74) is 9.71. The van der Waals surface area contributed by atoms with Crippen molar-refractivity contribution >= 4 is 46.7 Å². The lowest BCUT2D eigenvalue weighted by molar-refractivity contribution is -0.143. The van der Waals surface area contributed by atoms with Crippen LogP contribution < -0.4 is 19.7 Å². The number of ether oxygens (including phenoxy) is 2. The van der Waals surface area contributed by atoms with Crippen LogP contribution in [0.15, 0.2) is 127 Å². The molecule has 0 radical (unpaired) electrons. The van der Waals surface area contributed by atoms with Crippen LogP contribution in [0.4, 0.5) is 5.69 Å². The Bertz CT molecular complexity index is 2750. The number of hydrogen-bond acceptors (Lipinski definition) is 7. The highest BCUT2D eigenvalue weighted by molar-refractivity contribution is 6.42. The predicted octanol–water partition coefficient (Wildman–Crippen LogP) is 8.91. The van der Waals surface area contributed by atoms with Gasteiger partial charge in [-0.2, -0.15) is 5.26 Å². The smallest absolute Gasteiger partial charge is 0.326 e. The minimum atomic E-state index is -1.16. The third kappa shape index (κ3) is 8.73. The molecule has 0 bridgehead atoms. The van der Waals surface area contributed by atoms with Crippen molar-refractivity contribution in [2.45, 2.75) is 63.1 Å². The van der Waals surface area contributed by atoms with E-state index in [1.165, 1.54) is 11.1 Å². The molecule has 316 valence electrons. The number of carbonyl (C=O) groups is 3. The van der Waals surface area contributed by atoms with E-state index in [0.717, 1.165) is 46.2 Å². The molecule has 12 heteroatoms. The number of fused-ring (bicyclic) bond motifs is 3. The van der Waals surface area contributed by atoms with Crippen LogP contribution in [0.5, 0.6) is 11.5 Å². The van der Waals surface area contributed by atoms with E-state index in [4.69, 9.17) is 37.9 Å². The number of amides is 2. The van der Waals surface area contributed by atoms with Gasteiger partial charge in [-0.15, -0.1) is 0 Å². The Morgan fingerprint density at radius 1 is 0.825 bits per heavy atom. The number of hydrogen-bond donors (Lipinski definition) is 2. The number of nitriles is 1. The number of carbonyl (C=O) groups excluding carboxylic acids is 2. The van der Waals surface area contributed by atoms with Gasteiger partial charge in [0.25, 0.3) is 5.91 Å². The minimum Gasteiger partial charge on any atom is -0.489 e. The largest absolute Gasteiger partial charge is 0.489 e. The van der Waals surface area contributed by atoms with Crippen LogP contribution in [0, 0.1) is 11.3 Å². The molecule has 0 fully saturated rings. The zero-order valence-corrected chi connectivity index (χ0v) is 35.8. The van der Waals surface area contributed by atoms with Crippen LogP contribution in [0.1, 0.15) is 50.6 Å². The predicted molar refractivity (Wildman–Crippen MR) is 241 cm³/mol. The highest BCUT2D eigenvalue weighted by Gasteiger charge is 2.41. The van der Waals surface area contributed by atoms with Crippen LogP contribution in [-0.2, 0) is 53.2 Å². The summed E-state index contributed by atoms with van der Waals surface area (Å²) >= 11 is 12.2. The summed E-state index contributed by atoms with van der Waals surface area (Å²) in [6.45, 7) is 0.727. The number of nitrogens with one attached hydrogen (secondary N) is 1. The fraction of sp³-hybridized carbons (Fsp3) is 0.216. The van der Waals surface area contributed by atoms with Crippen LogP contribution in [0.2, 0.25) is 10.0 Å². The van der Waals surface area contributed by atoms with E-state index in [1.807, 2.05) is 78.9 Å². The van der Waals surface area contributed by atoms with Crippen LogP contribution in [-0.4, -0.2) is 53.0 Å². The Morgan fingerprint density at radius 2 is 1.49 bits per heavy atom. The lowest BCUT2D eigenvalue weighted by Gasteiger charge is -2.41. The summed E-state index contributed by atoms with van der Waals surface area (Å²) in [5, 5.41) is 23.4. The van der Waals surface area contributed by atoms with Gasteiger partial charge in [-0.3, -0.25) is 14.5 Å². The number of rotatable bonds is 11. The van der Waals surface area contributed by atoms with Gasteiger partial charge in [-0.1, -0.05) is 102 Å². The van der Waals surface area contributed by atoms with Crippen LogP contribution in [0.3, 0.4) is 0 Å². The van der Waals surface area contributed by atoms with Gasteiger partial charge in [-0.05, 0) is 112 Å². The third-order valence-electron chi connectivity index (χ3n) is 12.3. The topological polar surface area (TPSA) is 132 Å². The quantitative estimate of drug-likeness (QED) is 0.132. The second-order valence-corrected chi connectivity index (χ2v) is 17.1. The molecule has 2 aliphatic heterocycles. The summed E-state index contributed by atoms with van der Waals surface area (Å²) < 4.78 is 12.5. The SMILES string of the molecule is CN1C(=O)[C@H](c2ccc(OCc3ccc(Cl)c(Cl)c3)cc2)Oc2cc3c(cc21)CC(C(=O)N[C@@H](Cc1ccc(-c2ccc(C#N)cc2)cc1)C(=O)O)N(C1Cc2ccccc2C1)C3. The number of nitrogens with zero attached hydrogens (tertiary/aromatic N) is 3. The first kappa shape index (κ1) is 41.7. The van der Waals surface area contributed by atoms with E-state index in [2.05, 4.69) is 28.4 Å². The molecule has 2 N–H and O–H groups in total. The second-order valence-electron chi connectivity index (χ2n) is 16.3. The fourth-order valence-electron chi connectivity index (χ4n) is 8.87. The van der Waals surface area contributed by atoms with Crippen molar-refractivity contribution in [2.24, 2.45) is 0 Å². The molecule has 2 amide bonds. The molecule has 0 aromatic heterocycles. The van der Waals surface area contributed by atoms with Crippen molar-refractivity contribution in [3.63, 3.8) is 0 Å². The van der Waals surface area contributed by atoms with Gasteiger partial charge >= 0.3 is 5.97 Å². The van der Waals surface area contributed by atoms with Gasteiger partial charge < -0.3 is 24.8 Å². The van der Waals surface area contributed by atoms with E-state index in [1.54, 1.807) is 48.3 Å². The summed E-state index contributed by atoms with van der Waals surface area (Å²) in [7, 11) is 1.72. The third-order valence-corrected chi connectivity index (χ3v) is 13.1. The Hall–Kier alpha value is -6.64. The molecule has 10 nitrogen and oxygen atoms in total. The molecule has 6 aromatic rings. The van der Waals surface area contributed by atoms with Gasteiger partial charge in [0.15, 0.2) is 0 Å². The molecule has 3 aliphatic rings. The molecule has 2 heterocycles. The van der Waals surface area contributed by atoms with Gasteiger partial charge in [0, 0.05) is 31.6 Å². The first-order chi connectivity index (χ1) is 30.5. The first-order valence-electron chi connectivity index (χ1n) is 20.7. The highest BCUT2D eigenvalue weighted by Crippen LogP contribution is 2.43. The molecular formula is C51H42Cl2N4O6. The molecular weight excluding hydrogens is 835 g/mol. The molecule has 63 heavy (non-hydrogen) atoms. The molecule has 1 aliphatic carbocycles. The number of anilines is 1. The van der Waals surface area contributed by atoms with E-state index in [9.17, 15) is 19.5 Å². The van der Waals surface area contributed by atoms with Crippen LogP contribution >= 0.6 is 23.2 Å². The van der Waals surface area contributed by atoms with Crippen molar-refractivity contribution in [1.82, 2.24) is 10.2 Å². The van der Waals surface area contributed by atoms with Crippen molar-refractivity contribution in [3.05, 3.63) is 182 Å². The van der Waals surface area contributed by atoms with Gasteiger partial charge in [0.1, 0.15) is 24.1 Å². The number of benzene rings is 6. The average molecular weight is 878 g/mol. The molecule has 3 atom stereocenters. The average Bonchev–Trinajstić information content (AvgIpc) is 3.74.